The van der Waals surface area contributed by atoms with Crippen molar-refractivity contribution in [2.45, 2.75) is 0 Å². The van der Waals surface area contributed by atoms with Crippen LogP contribution < -0.4 is 0 Å². The number of hydrogen-bond acceptors (Lipinski definition) is 3. The van der Waals surface area contributed by atoms with Crippen LogP contribution in [0.25, 0.3) is 11.1 Å². The minimum absolute atomic E-state index is 0.0723. The molecule has 4 nitrogen and oxygen atoms in total. The maximum atomic E-state index is 11.9. The standard InChI is InChI=1S/C16H15NO3/c1-17(2)16(20)12-6-3-5-11(9-12)14-8-4-7-13(10-18)15(14)19/h3-10,19H,1-2H3. The van der Waals surface area contributed by atoms with Gasteiger partial charge in [-0.05, 0) is 23.8 Å². The van der Waals surface area contributed by atoms with E-state index in [0.717, 1.165) is 0 Å². The van der Waals surface area contributed by atoms with Crippen LogP contribution in [-0.4, -0.2) is 36.3 Å². The van der Waals surface area contributed by atoms with E-state index in [0.29, 0.717) is 23.0 Å². The number of hydrogen-bond donors (Lipinski definition) is 1. The maximum Gasteiger partial charge on any atom is 0.253 e. The van der Waals surface area contributed by atoms with E-state index in [2.05, 4.69) is 0 Å². The Hall–Kier alpha value is -2.62. The zero-order chi connectivity index (χ0) is 14.7. The van der Waals surface area contributed by atoms with Crippen molar-refractivity contribution in [3.8, 4) is 16.9 Å². The molecule has 0 spiro atoms. The van der Waals surface area contributed by atoms with E-state index in [1.807, 2.05) is 0 Å². The molecular weight excluding hydrogens is 254 g/mol. The van der Waals surface area contributed by atoms with Crippen LogP contribution in [0.4, 0.5) is 0 Å². The topological polar surface area (TPSA) is 57.6 Å². The molecule has 0 aliphatic rings. The fourth-order valence-electron chi connectivity index (χ4n) is 1.97. The highest BCUT2D eigenvalue weighted by atomic mass is 16.3. The highest BCUT2D eigenvalue weighted by Crippen LogP contribution is 2.31. The fourth-order valence-corrected chi connectivity index (χ4v) is 1.97. The summed E-state index contributed by atoms with van der Waals surface area (Å²) in [6.07, 6.45) is 0.605. The molecule has 2 aromatic rings. The Balaban J connectivity index is 2.52. The lowest BCUT2D eigenvalue weighted by atomic mass is 9.99. The first kappa shape index (κ1) is 13.8. The van der Waals surface area contributed by atoms with Gasteiger partial charge in [-0.1, -0.05) is 24.3 Å². The van der Waals surface area contributed by atoms with E-state index in [1.54, 1.807) is 56.6 Å². The molecule has 0 heterocycles. The molecule has 0 bridgehead atoms. The monoisotopic (exact) mass is 269 g/mol. The molecule has 1 amide bonds. The Morgan fingerprint density at radius 2 is 1.85 bits per heavy atom. The van der Waals surface area contributed by atoms with Crippen molar-refractivity contribution in [3.63, 3.8) is 0 Å². The van der Waals surface area contributed by atoms with Crippen molar-refractivity contribution in [3.05, 3.63) is 53.6 Å². The molecule has 102 valence electrons. The molecule has 4 heteroatoms. The summed E-state index contributed by atoms with van der Waals surface area (Å²) in [5.74, 6) is -0.185. The van der Waals surface area contributed by atoms with Gasteiger partial charge in [-0.25, -0.2) is 0 Å². The first-order valence-electron chi connectivity index (χ1n) is 6.14. The van der Waals surface area contributed by atoms with E-state index >= 15 is 0 Å². The number of aromatic hydroxyl groups is 1. The lowest BCUT2D eigenvalue weighted by Crippen LogP contribution is -2.21. The van der Waals surface area contributed by atoms with Crippen molar-refractivity contribution in [1.82, 2.24) is 4.90 Å². The SMILES string of the molecule is CN(C)C(=O)c1cccc(-c2cccc(C=O)c2O)c1. The number of aldehydes is 1. The number of carbonyl (C=O) groups excluding carboxylic acids is 2. The molecule has 0 saturated heterocycles. The van der Waals surface area contributed by atoms with Gasteiger partial charge in [-0.15, -0.1) is 0 Å². The van der Waals surface area contributed by atoms with Crippen LogP contribution in [0.1, 0.15) is 20.7 Å². The predicted molar refractivity (Wildman–Crippen MR) is 76.9 cm³/mol. The summed E-state index contributed by atoms with van der Waals surface area (Å²) in [5.41, 5.74) is 1.98. The van der Waals surface area contributed by atoms with Gasteiger partial charge in [0.05, 0.1) is 5.56 Å². The van der Waals surface area contributed by atoms with Crippen LogP contribution in [0, 0.1) is 0 Å². The van der Waals surface area contributed by atoms with Gasteiger partial charge in [0, 0.05) is 25.2 Å². The molecule has 0 fully saturated rings. The molecule has 0 saturated carbocycles. The van der Waals surface area contributed by atoms with Crippen LogP contribution in [0.15, 0.2) is 42.5 Å². The van der Waals surface area contributed by atoms with Crippen molar-refractivity contribution in [2.24, 2.45) is 0 Å². The molecule has 2 rings (SSSR count). The van der Waals surface area contributed by atoms with Crippen LogP contribution in [-0.2, 0) is 0 Å². The third kappa shape index (κ3) is 2.54. The second kappa shape index (κ2) is 5.57. The first-order chi connectivity index (χ1) is 9.54. The van der Waals surface area contributed by atoms with Gasteiger partial charge in [-0.2, -0.15) is 0 Å². The average molecular weight is 269 g/mol. The Bertz CT molecular complexity index is 663. The summed E-state index contributed by atoms with van der Waals surface area (Å²) in [7, 11) is 3.36. The molecule has 0 atom stereocenters. The van der Waals surface area contributed by atoms with Gasteiger partial charge in [0.2, 0.25) is 0 Å². The molecule has 0 radical (unpaired) electrons. The molecule has 0 unspecified atom stereocenters. The number of benzene rings is 2. The minimum atomic E-state index is -0.113. The first-order valence-corrected chi connectivity index (χ1v) is 6.14. The lowest BCUT2D eigenvalue weighted by molar-refractivity contribution is 0.0827. The summed E-state index contributed by atoms with van der Waals surface area (Å²) in [6.45, 7) is 0. The highest BCUT2D eigenvalue weighted by Gasteiger charge is 2.12. The van der Waals surface area contributed by atoms with Gasteiger partial charge >= 0.3 is 0 Å². The van der Waals surface area contributed by atoms with E-state index in [1.165, 1.54) is 4.90 Å². The molecular formula is C16H15NO3. The Kier molecular flexibility index (Phi) is 3.84. The predicted octanol–water partition coefficient (Wildman–Crippen LogP) is 2.57. The van der Waals surface area contributed by atoms with Crippen LogP contribution in [0.5, 0.6) is 5.75 Å². The summed E-state index contributed by atoms with van der Waals surface area (Å²) in [6, 6.07) is 11.9. The van der Waals surface area contributed by atoms with E-state index < -0.39 is 0 Å². The van der Waals surface area contributed by atoms with Crippen molar-refractivity contribution in [2.75, 3.05) is 14.1 Å². The number of phenols is 1. The van der Waals surface area contributed by atoms with Gasteiger partial charge in [0.25, 0.3) is 5.91 Å². The Morgan fingerprint density at radius 1 is 1.15 bits per heavy atom. The van der Waals surface area contributed by atoms with Crippen molar-refractivity contribution < 1.29 is 14.7 Å². The van der Waals surface area contributed by atoms with E-state index in [4.69, 9.17) is 0 Å². The molecule has 20 heavy (non-hydrogen) atoms. The second-order valence-electron chi connectivity index (χ2n) is 4.64. The second-order valence-corrected chi connectivity index (χ2v) is 4.64. The van der Waals surface area contributed by atoms with Crippen molar-refractivity contribution >= 4 is 12.2 Å². The van der Waals surface area contributed by atoms with Gasteiger partial charge in [0.1, 0.15) is 5.75 Å². The third-order valence-electron chi connectivity index (χ3n) is 3.02. The largest absolute Gasteiger partial charge is 0.507 e. The zero-order valence-corrected chi connectivity index (χ0v) is 11.3. The number of phenolic OH excluding ortho intramolecular Hbond substituents is 1. The normalized spacial score (nSPS) is 10.1. The Labute approximate surface area is 117 Å². The molecule has 0 aromatic heterocycles. The fraction of sp³-hybridized carbons (Fsp3) is 0.125. The van der Waals surface area contributed by atoms with Gasteiger partial charge in [0.15, 0.2) is 6.29 Å². The minimum Gasteiger partial charge on any atom is -0.507 e. The third-order valence-corrected chi connectivity index (χ3v) is 3.02. The van der Waals surface area contributed by atoms with Crippen LogP contribution >= 0.6 is 0 Å². The summed E-state index contributed by atoms with van der Waals surface area (Å²) in [4.78, 5) is 24.3. The Morgan fingerprint density at radius 3 is 2.50 bits per heavy atom. The number of carbonyl (C=O) groups is 2. The summed E-state index contributed by atoms with van der Waals surface area (Å²) in [5, 5.41) is 10.1. The molecule has 2 aromatic carbocycles. The quantitative estimate of drug-likeness (QED) is 0.871. The molecule has 0 aliphatic heterocycles. The van der Waals surface area contributed by atoms with Crippen molar-refractivity contribution in [1.29, 1.82) is 0 Å². The zero-order valence-electron chi connectivity index (χ0n) is 11.3. The number of rotatable bonds is 3. The lowest BCUT2D eigenvalue weighted by Gasteiger charge is -2.12. The van der Waals surface area contributed by atoms with E-state index in [-0.39, 0.29) is 17.2 Å². The molecule has 0 aliphatic carbocycles. The number of para-hydroxylation sites is 1. The highest BCUT2D eigenvalue weighted by molar-refractivity contribution is 5.95. The number of amides is 1. The van der Waals surface area contributed by atoms with Gasteiger partial charge < -0.3 is 10.0 Å². The van der Waals surface area contributed by atoms with Crippen LogP contribution in [0.3, 0.4) is 0 Å². The maximum absolute atomic E-state index is 11.9. The smallest absolute Gasteiger partial charge is 0.253 e. The van der Waals surface area contributed by atoms with Crippen LogP contribution in [0.2, 0.25) is 0 Å². The van der Waals surface area contributed by atoms with E-state index in [9.17, 15) is 14.7 Å². The van der Waals surface area contributed by atoms with Gasteiger partial charge in [-0.3, -0.25) is 9.59 Å². The summed E-state index contributed by atoms with van der Waals surface area (Å²) >= 11 is 0. The average Bonchev–Trinajstić information content (AvgIpc) is 2.46. The number of nitrogens with zero attached hydrogens (tertiary/aromatic N) is 1. The molecule has 1 N–H and O–H groups in total. The summed E-state index contributed by atoms with van der Waals surface area (Å²) < 4.78 is 0.